The molecular weight excluding hydrogens is 522 g/mol. The maximum Gasteiger partial charge on any atom is 0.335 e. The van der Waals surface area contributed by atoms with Gasteiger partial charge in [-0.3, -0.25) is 4.98 Å². The molecular formula is C32H25N3O4S. The Bertz CT molecular complexity index is 1670. The van der Waals surface area contributed by atoms with E-state index in [2.05, 4.69) is 10.3 Å². The SMILES string of the molecule is Cc1cc(C(=O)O)ccc1-c1ccc([C@@H]2[C@H](c3ccccn3)NC(=S)N2c2ccc(Oc3ccccc3)cc2)o1. The van der Waals surface area contributed by atoms with Crippen molar-refractivity contribution in [3.05, 3.63) is 132 Å². The minimum absolute atomic E-state index is 0.236. The van der Waals surface area contributed by atoms with E-state index in [4.69, 9.17) is 21.4 Å². The number of carbonyl (C=O) groups is 1. The molecule has 1 saturated heterocycles. The summed E-state index contributed by atoms with van der Waals surface area (Å²) in [4.78, 5) is 18.0. The minimum Gasteiger partial charge on any atom is -0.478 e. The lowest BCUT2D eigenvalue weighted by atomic mass is 10.0. The highest BCUT2D eigenvalue weighted by molar-refractivity contribution is 7.80. The van der Waals surface area contributed by atoms with Crippen LogP contribution in [0.2, 0.25) is 0 Å². The second-order valence-corrected chi connectivity index (χ2v) is 9.83. The molecule has 40 heavy (non-hydrogen) atoms. The van der Waals surface area contributed by atoms with Crippen molar-refractivity contribution in [2.45, 2.75) is 19.0 Å². The first-order chi connectivity index (χ1) is 19.5. The summed E-state index contributed by atoms with van der Waals surface area (Å²) < 4.78 is 12.4. The summed E-state index contributed by atoms with van der Waals surface area (Å²) in [5.74, 6) is 1.86. The Morgan fingerprint density at radius 3 is 2.40 bits per heavy atom. The van der Waals surface area contributed by atoms with E-state index < -0.39 is 5.97 Å². The Balaban J connectivity index is 1.36. The van der Waals surface area contributed by atoms with Gasteiger partial charge in [-0.05, 0) is 97.5 Å². The van der Waals surface area contributed by atoms with Crippen molar-refractivity contribution in [1.29, 1.82) is 0 Å². The van der Waals surface area contributed by atoms with Gasteiger partial charge < -0.3 is 24.5 Å². The minimum atomic E-state index is -0.964. The van der Waals surface area contributed by atoms with E-state index in [1.54, 1.807) is 24.4 Å². The average molecular weight is 548 g/mol. The third-order valence-corrected chi connectivity index (χ3v) is 7.16. The number of carboxylic acid groups (broad SMARTS) is 1. The van der Waals surface area contributed by atoms with Crippen LogP contribution in [0.5, 0.6) is 11.5 Å². The Hall–Kier alpha value is -4.95. The Labute approximate surface area is 236 Å². The number of nitrogens with zero attached hydrogens (tertiary/aromatic N) is 2. The lowest BCUT2D eigenvalue weighted by molar-refractivity contribution is 0.0696. The van der Waals surface area contributed by atoms with Crippen LogP contribution in [0, 0.1) is 6.92 Å². The number of carboxylic acids is 1. The van der Waals surface area contributed by atoms with Gasteiger partial charge >= 0.3 is 5.97 Å². The number of rotatable bonds is 7. The zero-order valence-corrected chi connectivity index (χ0v) is 22.3. The normalized spacial score (nSPS) is 16.5. The molecule has 0 aliphatic carbocycles. The van der Waals surface area contributed by atoms with Crippen molar-refractivity contribution in [2.24, 2.45) is 0 Å². The maximum atomic E-state index is 11.4. The summed E-state index contributed by atoms with van der Waals surface area (Å²) in [6.07, 6.45) is 1.76. The van der Waals surface area contributed by atoms with Crippen molar-refractivity contribution < 1.29 is 19.1 Å². The molecule has 2 N–H and O–H groups in total. The highest BCUT2D eigenvalue weighted by Crippen LogP contribution is 2.43. The molecule has 8 heteroatoms. The van der Waals surface area contributed by atoms with E-state index in [0.29, 0.717) is 22.4 Å². The quantitative estimate of drug-likeness (QED) is 0.205. The van der Waals surface area contributed by atoms with Gasteiger partial charge in [0.25, 0.3) is 0 Å². The molecule has 1 aliphatic rings. The monoisotopic (exact) mass is 547 g/mol. The van der Waals surface area contributed by atoms with Crippen molar-refractivity contribution in [1.82, 2.24) is 10.3 Å². The number of hydrogen-bond acceptors (Lipinski definition) is 5. The van der Waals surface area contributed by atoms with Gasteiger partial charge in [0.05, 0.1) is 17.3 Å². The molecule has 0 saturated carbocycles. The number of para-hydroxylation sites is 1. The van der Waals surface area contributed by atoms with Gasteiger partial charge in [-0.2, -0.15) is 0 Å². The molecule has 5 aromatic rings. The molecule has 7 nitrogen and oxygen atoms in total. The first-order valence-corrected chi connectivity index (χ1v) is 13.2. The third-order valence-electron chi connectivity index (χ3n) is 6.85. The number of aromatic nitrogens is 1. The highest BCUT2D eigenvalue weighted by Gasteiger charge is 2.42. The van der Waals surface area contributed by atoms with E-state index in [-0.39, 0.29) is 17.6 Å². The number of hydrogen-bond donors (Lipinski definition) is 2. The summed E-state index contributed by atoms with van der Waals surface area (Å²) in [6, 6.07) is 31.5. The van der Waals surface area contributed by atoms with Gasteiger partial charge in [-0.15, -0.1) is 0 Å². The third kappa shape index (κ3) is 4.92. The van der Waals surface area contributed by atoms with Crippen LogP contribution in [-0.4, -0.2) is 21.2 Å². The molecule has 0 unspecified atom stereocenters. The molecule has 1 aliphatic heterocycles. The summed E-state index contributed by atoms with van der Waals surface area (Å²) in [7, 11) is 0. The summed E-state index contributed by atoms with van der Waals surface area (Å²) in [6.45, 7) is 1.87. The smallest absolute Gasteiger partial charge is 0.335 e. The molecule has 6 rings (SSSR count). The van der Waals surface area contributed by atoms with Crippen LogP contribution >= 0.6 is 12.2 Å². The highest BCUT2D eigenvalue weighted by atomic mass is 32.1. The fraction of sp³-hybridized carbons (Fsp3) is 0.0938. The predicted octanol–water partition coefficient (Wildman–Crippen LogP) is 7.32. The lowest BCUT2D eigenvalue weighted by Gasteiger charge is -2.26. The molecule has 3 aromatic carbocycles. The Kier molecular flexibility index (Phi) is 6.76. The number of furan rings is 1. The largest absolute Gasteiger partial charge is 0.478 e. The molecule has 2 atom stereocenters. The van der Waals surface area contributed by atoms with Crippen molar-refractivity contribution in [2.75, 3.05) is 4.90 Å². The number of anilines is 1. The molecule has 1 fully saturated rings. The van der Waals surface area contributed by atoms with E-state index in [1.807, 2.05) is 96.8 Å². The Morgan fingerprint density at radius 1 is 0.950 bits per heavy atom. The average Bonchev–Trinajstić information content (AvgIpc) is 3.59. The first-order valence-electron chi connectivity index (χ1n) is 12.8. The van der Waals surface area contributed by atoms with Crippen LogP contribution in [0.3, 0.4) is 0 Å². The van der Waals surface area contributed by atoms with Crippen LogP contribution in [0.1, 0.15) is 39.5 Å². The van der Waals surface area contributed by atoms with Gasteiger partial charge in [0.15, 0.2) is 5.11 Å². The molecule has 0 bridgehead atoms. The standard InChI is InChI=1S/C32H25N3O4S/c1-20-19-21(31(36)37)10-15-25(20)27-16-17-28(39-27)30-29(26-9-5-6-18-33-26)34-32(40)35(30)22-11-13-24(14-12-22)38-23-7-3-2-4-8-23/h2-19,29-30H,1H3,(H,34,40)(H,36,37)/t29-,30+/m0/s1. The second-order valence-electron chi connectivity index (χ2n) is 9.44. The van der Waals surface area contributed by atoms with E-state index in [9.17, 15) is 9.90 Å². The fourth-order valence-electron chi connectivity index (χ4n) is 4.95. The van der Waals surface area contributed by atoms with E-state index >= 15 is 0 Å². The number of aromatic carboxylic acids is 1. The summed E-state index contributed by atoms with van der Waals surface area (Å²) in [5.41, 5.74) is 3.59. The second kappa shape index (κ2) is 10.7. The summed E-state index contributed by atoms with van der Waals surface area (Å²) in [5, 5.41) is 13.3. The van der Waals surface area contributed by atoms with Crippen LogP contribution in [0.25, 0.3) is 11.3 Å². The van der Waals surface area contributed by atoms with E-state index in [1.165, 1.54) is 0 Å². The lowest BCUT2D eigenvalue weighted by Crippen LogP contribution is -2.29. The van der Waals surface area contributed by atoms with Crippen molar-refractivity contribution in [3.63, 3.8) is 0 Å². The molecule has 0 amide bonds. The van der Waals surface area contributed by atoms with Crippen LogP contribution < -0.4 is 15.0 Å². The van der Waals surface area contributed by atoms with Gasteiger partial charge in [-0.1, -0.05) is 30.3 Å². The van der Waals surface area contributed by atoms with Gasteiger partial charge in [0.1, 0.15) is 29.1 Å². The van der Waals surface area contributed by atoms with E-state index in [0.717, 1.165) is 28.3 Å². The fourth-order valence-corrected chi connectivity index (χ4v) is 5.30. The number of aryl methyl sites for hydroxylation is 1. The van der Waals surface area contributed by atoms with Crippen LogP contribution in [0.4, 0.5) is 5.69 Å². The topological polar surface area (TPSA) is 87.8 Å². The zero-order valence-electron chi connectivity index (χ0n) is 21.5. The zero-order chi connectivity index (χ0) is 27.6. The summed E-state index contributed by atoms with van der Waals surface area (Å²) >= 11 is 5.83. The van der Waals surface area contributed by atoms with Crippen molar-refractivity contribution in [3.8, 4) is 22.8 Å². The van der Waals surface area contributed by atoms with Crippen molar-refractivity contribution >= 4 is 29.0 Å². The van der Waals surface area contributed by atoms with Gasteiger partial charge in [0, 0.05) is 17.4 Å². The molecule has 2 aromatic heterocycles. The van der Waals surface area contributed by atoms with Gasteiger partial charge in [0.2, 0.25) is 0 Å². The predicted molar refractivity (Wildman–Crippen MR) is 157 cm³/mol. The number of nitrogens with one attached hydrogen (secondary N) is 1. The number of pyridine rings is 1. The number of thiocarbonyl (C=S) groups is 1. The molecule has 0 radical (unpaired) electrons. The maximum absolute atomic E-state index is 11.4. The Morgan fingerprint density at radius 2 is 1.70 bits per heavy atom. The number of ether oxygens (including phenoxy) is 1. The molecule has 198 valence electrons. The van der Waals surface area contributed by atoms with Crippen LogP contribution in [-0.2, 0) is 0 Å². The van der Waals surface area contributed by atoms with Gasteiger partial charge in [-0.25, -0.2) is 4.79 Å². The van der Waals surface area contributed by atoms with Crippen LogP contribution in [0.15, 0.2) is 114 Å². The molecule has 3 heterocycles. The number of benzene rings is 3. The molecule has 0 spiro atoms. The first kappa shape index (κ1) is 25.3.